The first-order chi connectivity index (χ1) is 20.4. The van der Waals surface area contributed by atoms with Gasteiger partial charge < -0.3 is 20.0 Å². The molecular formula is C34H26Cl2N2O4. The number of aromatic hydroxyl groups is 2. The summed E-state index contributed by atoms with van der Waals surface area (Å²) >= 11 is 12.7. The minimum atomic E-state index is -0.280. The molecule has 0 saturated heterocycles. The predicted octanol–water partition coefficient (Wildman–Crippen LogP) is 7.37. The minimum absolute atomic E-state index is 0.0959. The van der Waals surface area contributed by atoms with Gasteiger partial charge in [-0.3, -0.25) is 9.59 Å². The molecule has 42 heavy (non-hydrogen) atoms. The lowest BCUT2D eigenvalue weighted by atomic mass is 9.95. The number of anilines is 2. The maximum atomic E-state index is 13.9. The molecule has 2 heterocycles. The summed E-state index contributed by atoms with van der Waals surface area (Å²) in [5.74, 6) is 0.0736. The number of rotatable bonds is 4. The van der Waals surface area contributed by atoms with Gasteiger partial charge in [0, 0.05) is 70.7 Å². The van der Waals surface area contributed by atoms with Gasteiger partial charge in [-0.25, -0.2) is 0 Å². The Morgan fingerprint density at radius 1 is 0.619 bits per heavy atom. The van der Waals surface area contributed by atoms with E-state index in [0.717, 1.165) is 21.9 Å². The van der Waals surface area contributed by atoms with E-state index in [2.05, 4.69) is 0 Å². The number of hydrogen-bond donors (Lipinski definition) is 2. The van der Waals surface area contributed by atoms with Gasteiger partial charge in [-0.2, -0.15) is 0 Å². The van der Waals surface area contributed by atoms with Crippen molar-refractivity contribution in [1.29, 1.82) is 0 Å². The highest BCUT2D eigenvalue weighted by atomic mass is 35.5. The number of amides is 2. The Kier molecular flexibility index (Phi) is 6.48. The lowest BCUT2D eigenvalue weighted by molar-refractivity contribution is 0.0987. The van der Waals surface area contributed by atoms with Crippen molar-refractivity contribution in [3.8, 4) is 11.5 Å². The molecular weight excluding hydrogens is 571 g/mol. The molecule has 0 aromatic heterocycles. The van der Waals surface area contributed by atoms with Crippen molar-refractivity contribution in [2.45, 2.75) is 11.8 Å². The van der Waals surface area contributed by atoms with Crippen molar-refractivity contribution in [1.82, 2.24) is 0 Å². The third-order valence-corrected chi connectivity index (χ3v) is 9.25. The number of carbonyl (C=O) groups is 2. The van der Waals surface area contributed by atoms with Crippen molar-refractivity contribution in [2.24, 2.45) is 0 Å². The number of carbonyl (C=O) groups excluding carboxylic acids is 2. The lowest BCUT2D eigenvalue weighted by Gasteiger charge is -2.21. The summed E-state index contributed by atoms with van der Waals surface area (Å²) in [6.07, 6.45) is 0. The van der Waals surface area contributed by atoms with Crippen LogP contribution in [-0.4, -0.2) is 46.9 Å². The second-order valence-corrected chi connectivity index (χ2v) is 11.5. The van der Waals surface area contributed by atoms with Crippen LogP contribution in [0.15, 0.2) is 84.9 Å². The van der Waals surface area contributed by atoms with Gasteiger partial charge in [-0.15, -0.1) is 23.2 Å². The summed E-state index contributed by atoms with van der Waals surface area (Å²) < 4.78 is 0. The largest absolute Gasteiger partial charge is 0.507 e. The van der Waals surface area contributed by atoms with E-state index in [1.807, 2.05) is 48.5 Å². The Hall–Kier alpha value is -4.26. The standard InChI is InChI=1S/C34H26Cl2N2O4/c35-15-21-17-37(27-13-29(39)23-8-1-3-10-25(23)31(21)27)33(41)19-6-5-7-20(12-19)34(42)38-18-22(16-36)32-26-11-4-2-9-24(26)30(40)14-28(32)38/h1-14,21-22,39-40H,15-18H2/t21-,22?/m1/s1. The normalized spacial score (nSPS) is 17.6. The smallest absolute Gasteiger partial charge is 0.258 e. The van der Waals surface area contributed by atoms with E-state index >= 15 is 0 Å². The number of halogens is 2. The molecule has 2 amide bonds. The van der Waals surface area contributed by atoms with Crippen LogP contribution in [0.4, 0.5) is 11.4 Å². The van der Waals surface area contributed by atoms with Crippen LogP contribution in [0.1, 0.15) is 43.7 Å². The van der Waals surface area contributed by atoms with Gasteiger partial charge in [0.25, 0.3) is 11.8 Å². The molecule has 5 aromatic rings. The molecule has 2 atom stereocenters. The van der Waals surface area contributed by atoms with E-state index in [9.17, 15) is 19.8 Å². The molecule has 0 radical (unpaired) electrons. The van der Waals surface area contributed by atoms with Crippen molar-refractivity contribution >= 4 is 67.9 Å². The zero-order chi connectivity index (χ0) is 29.1. The average molecular weight is 597 g/mol. The summed E-state index contributed by atoms with van der Waals surface area (Å²) in [5.41, 5.74) is 3.83. The lowest BCUT2D eigenvalue weighted by Crippen LogP contribution is -2.32. The van der Waals surface area contributed by atoms with Gasteiger partial charge >= 0.3 is 0 Å². The first-order valence-corrected chi connectivity index (χ1v) is 14.8. The number of fused-ring (bicyclic) bond motifs is 6. The molecule has 6 nitrogen and oxygen atoms in total. The van der Waals surface area contributed by atoms with Gasteiger partial charge in [0.1, 0.15) is 11.5 Å². The first-order valence-electron chi connectivity index (χ1n) is 13.8. The molecule has 1 unspecified atom stereocenters. The van der Waals surface area contributed by atoms with E-state index in [1.165, 1.54) is 0 Å². The molecule has 0 bridgehead atoms. The van der Waals surface area contributed by atoms with E-state index in [4.69, 9.17) is 23.2 Å². The van der Waals surface area contributed by atoms with Crippen LogP contribution in [0.25, 0.3) is 21.5 Å². The Balaban J connectivity index is 1.25. The van der Waals surface area contributed by atoms with E-state index in [1.54, 1.807) is 46.2 Å². The van der Waals surface area contributed by atoms with Gasteiger partial charge in [0.05, 0.1) is 11.4 Å². The summed E-state index contributed by atoms with van der Waals surface area (Å²) in [7, 11) is 0. The fourth-order valence-electron chi connectivity index (χ4n) is 6.59. The number of nitrogens with zero attached hydrogens (tertiary/aromatic N) is 2. The molecule has 210 valence electrons. The molecule has 7 rings (SSSR count). The maximum absolute atomic E-state index is 13.9. The van der Waals surface area contributed by atoms with Crippen LogP contribution in [-0.2, 0) is 0 Å². The average Bonchev–Trinajstić information content (AvgIpc) is 3.59. The zero-order valence-electron chi connectivity index (χ0n) is 22.4. The molecule has 0 aliphatic carbocycles. The molecule has 0 fully saturated rings. The highest BCUT2D eigenvalue weighted by Crippen LogP contribution is 2.47. The quantitative estimate of drug-likeness (QED) is 0.212. The molecule has 2 aliphatic rings. The maximum Gasteiger partial charge on any atom is 0.258 e. The number of alkyl halides is 2. The van der Waals surface area contributed by atoms with Crippen LogP contribution in [0.2, 0.25) is 0 Å². The van der Waals surface area contributed by atoms with E-state index in [-0.39, 0.29) is 35.1 Å². The van der Waals surface area contributed by atoms with Crippen LogP contribution in [0.5, 0.6) is 11.5 Å². The molecule has 2 N–H and O–H groups in total. The molecule has 2 aliphatic heterocycles. The van der Waals surface area contributed by atoms with E-state index in [0.29, 0.717) is 58.1 Å². The topological polar surface area (TPSA) is 81.1 Å². The Labute approximate surface area is 252 Å². The monoisotopic (exact) mass is 596 g/mol. The summed E-state index contributed by atoms with van der Waals surface area (Å²) in [6, 6.07) is 25.0. The Morgan fingerprint density at radius 2 is 1.02 bits per heavy atom. The Morgan fingerprint density at radius 3 is 1.43 bits per heavy atom. The van der Waals surface area contributed by atoms with Crippen LogP contribution >= 0.6 is 23.2 Å². The van der Waals surface area contributed by atoms with Crippen molar-refractivity contribution < 1.29 is 19.8 Å². The molecule has 0 saturated carbocycles. The van der Waals surface area contributed by atoms with Crippen LogP contribution < -0.4 is 9.80 Å². The fourth-order valence-corrected chi connectivity index (χ4v) is 7.09. The van der Waals surface area contributed by atoms with Gasteiger partial charge in [0.2, 0.25) is 0 Å². The first kappa shape index (κ1) is 26.6. The van der Waals surface area contributed by atoms with Crippen molar-refractivity contribution in [3.63, 3.8) is 0 Å². The van der Waals surface area contributed by atoms with Gasteiger partial charge in [0.15, 0.2) is 0 Å². The van der Waals surface area contributed by atoms with Crippen LogP contribution in [0.3, 0.4) is 0 Å². The summed E-state index contributed by atoms with van der Waals surface area (Å²) in [6.45, 7) is 0.735. The third kappa shape index (κ3) is 4.01. The number of benzene rings is 5. The fraction of sp³-hybridized carbons (Fsp3) is 0.176. The van der Waals surface area contributed by atoms with Crippen molar-refractivity contribution in [2.75, 3.05) is 34.6 Å². The Bertz CT molecular complexity index is 1790. The van der Waals surface area contributed by atoms with Gasteiger partial charge in [-0.05, 0) is 40.1 Å². The second-order valence-electron chi connectivity index (χ2n) is 10.9. The van der Waals surface area contributed by atoms with E-state index < -0.39 is 0 Å². The second kappa shape index (κ2) is 10.2. The zero-order valence-corrected chi connectivity index (χ0v) is 23.9. The summed E-state index contributed by atoms with van der Waals surface area (Å²) in [4.78, 5) is 31.1. The number of hydrogen-bond acceptors (Lipinski definition) is 4. The number of phenols is 2. The predicted molar refractivity (Wildman–Crippen MR) is 168 cm³/mol. The minimum Gasteiger partial charge on any atom is -0.507 e. The third-order valence-electron chi connectivity index (χ3n) is 8.51. The highest BCUT2D eigenvalue weighted by Gasteiger charge is 2.37. The van der Waals surface area contributed by atoms with Gasteiger partial charge in [-0.1, -0.05) is 54.6 Å². The van der Waals surface area contributed by atoms with Crippen LogP contribution in [0, 0.1) is 0 Å². The number of phenolic OH excluding ortho intramolecular Hbond substituents is 2. The molecule has 0 spiro atoms. The SMILES string of the molecule is O=C(c1cccc(C(=O)N2C[C@@H](CCl)c3c2cc(O)c2ccccc32)c1)N1CC(CCl)c2c1cc(O)c1ccccc21. The molecule has 8 heteroatoms. The van der Waals surface area contributed by atoms with Crippen molar-refractivity contribution in [3.05, 3.63) is 107 Å². The molecule has 5 aromatic carbocycles. The highest BCUT2D eigenvalue weighted by molar-refractivity contribution is 6.20. The summed E-state index contributed by atoms with van der Waals surface area (Å²) in [5, 5.41) is 24.7.